The van der Waals surface area contributed by atoms with Crippen molar-refractivity contribution in [3.05, 3.63) is 42.1 Å². The van der Waals surface area contributed by atoms with Gasteiger partial charge in [-0.15, -0.1) is 0 Å². The summed E-state index contributed by atoms with van der Waals surface area (Å²) in [7, 11) is 0. The number of aryl methyl sites for hydroxylation is 1. The molecule has 0 spiro atoms. The highest BCUT2D eigenvalue weighted by atomic mass is 16.5. The Morgan fingerprint density at radius 3 is 2.97 bits per heavy atom. The summed E-state index contributed by atoms with van der Waals surface area (Å²) < 4.78 is 5.42. The molecule has 3 aliphatic heterocycles. The van der Waals surface area contributed by atoms with Crippen LogP contribution in [-0.4, -0.2) is 62.5 Å². The van der Waals surface area contributed by atoms with Crippen molar-refractivity contribution in [1.29, 1.82) is 0 Å². The highest BCUT2D eigenvalue weighted by molar-refractivity contribution is 5.77. The van der Waals surface area contributed by atoms with Crippen molar-refractivity contribution in [2.75, 3.05) is 19.6 Å². The molecule has 2 aromatic heterocycles. The van der Waals surface area contributed by atoms with Crippen LogP contribution in [0.4, 0.5) is 0 Å². The van der Waals surface area contributed by atoms with E-state index in [1.54, 1.807) is 12.4 Å². The summed E-state index contributed by atoms with van der Waals surface area (Å²) in [4.78, 5) is 26.7. The molecule has 6 rings (SSSR count). The van der Waals surface area contributed by atoms with Crippen molar-refractivity contribution in [2.45, 2.75) is 63.5 Å². The monoisotopic (exact) mass is 433 g/mol. The summed E-state index contributed by atoms with van der Waals surface area (Å²) in [5, 5.41) is 4.07. The molecule has 4 aliphatic rings. The Morgan fingerprint density at radius 2 is 2.06 bits per heavy atom. The average molecular weight is 434 g/mol. The lowest BCUT2D eigenvalue weighted by Crippen LogP contribution is -2.60. The van der Waals surface area contributed by atoms with Crippen LogP contribution in [0.5, 0.6) is 0 Å². The number of nitrogens with zero attached hydrogens (tertiary/aromatic N) is 5. The molecule has 7 heteroatoms. The van der Waals surface area contributed by atoms with Crippen LogP contribution in [0.15, 0.2) is 40.7 Å². The van der Waals surface area contributed by atoms with Crippen LogP contribution in [0.1, 0.15) is 50.8 Å². The summed E-state index contributed by atoms with van der Waals surface area (Å²) in [6, 6.07) is 4.75. The zero-order valence-electron chi connectivity index (χ0n) is 18.5. The topological polar surface area (TPSA) is 75.4 Å². The number of likely N-dealkylation sites (tertiary alicyclic amines) is 1. The number of aromatic nitrogens is 3. The van der Waals surface area contributed by atoms with Crippen molar-refractivity contribution in [1.82, 2.24) is 24.9 Å². The second-order valence-corrected chi connectivity index (χ2v) is 9.84. The molecule has 4 atom stereocenters. The van der Waals surface area contributed by atoms with E-state index in [9.17, 15) is 4.79 Å². The van der Waals surface area contributed by atoms with E-state index in [1.165, 1.54) is 37.8 Å². The van der Waals surface area contributed by atoms with E-state index in [2.05, 4.69) is 31.0 Å². The Kier molecular flexibility index (Phi) is 5.29. The van der Waals surface area contributed by atoms with Crippen LogP contribution in [0, 0.1) is 11.8 Å². The molecule has 0 radical (unpaired) electrons. The molecule has 3 saturated heterocycles. The minimum Gasteiger partial charge on any atom is -0.339 e. The van der Waals surface area contributed by atoms with E-state index in [0.717, 1.165) is 37.5 Å². The van der Waals surface area contributed by atoms with Gasteiger partial charge < -0.3 is 9.42 Å². The van der Waals surface area contributed by atoms with Crippen LogP contribution < -0.4 is 0 Å². The lowest BCUT2D eigenvalue weighted by molar-refractivity contribution is -0.136. The predicted molar refractivity (Wildman–Crippen MR) is 119 cm³/mol. The highest BCUT2D eigenvalue weighted by Gasteiger charge is 2.46. The van der Waals surface area contributed by atoms with Gasteiger partial charge in [0.25, 0.3) is 0 Å². The molecule has 0 unspecified atom stereocenters. The van der Waals surface area contributed by atoms with Gasteiger partial charge in [0.05, 0.1) is 6.04 Å². The van der Waals surface area contributed by atoms with Gasteiger partial charge in [-0.3, -0.25) is 14.7 Å². The van der Waals surface area contributed by atoms with E-state index >= 15 is 0 Å². The molecule has 168 valence electrons. The van der Waals surface area contributed by atoms with Crippen molar-refractivity contribution in [3.8, 4) is 11.4 Å². The maximum Gasteiger partial charge on any atom is 0.227 e. The number of carbonyl (C=O) groups is 1. The number of hydrogen-bond donors (Lipinski definition) is 0. The van der Waals surface area contributed by atoms with E-state index in [1.807, 2.05) is 12.1 Å². The highest BCUT2D eigenvalue weighted by Crippen LogP contribution is 2.45. The zero-order valence-corrected chi connectivity index (χ0v) is 18.5. The molecule has 0 saturated carbocycles. The molecule has 3 fully saturated rings. The van der Waals surface area contributed by atoms with E-state index in [-0.39, 0.29) is 5.91 Å². The molecule has 7 nitrogen and oxygen atoms in total. The molecule has 0 N–H and O–H groups in total. The Balaban J connectivity index is 1.15. The van der Waals surface area contributed by atoms with Crippen molar-refractivity contribution >= 4 is 5.91 Å². The van der Waals surface area contributed by atoms with Gasteiger partial charge in [0.2, 0.25) is 17.6 Å². The van der Waals surface area contributed by atoms with Crippen LogP contribution in [0.3, 0.4) is 0 Å². The van der Waals surface area contributed by atoms with Gasteiger partial charge in [-0.2, -0.15) is 4.98 Å². The van der Waals surface area contributed by atoms with Crippen molar-refractivity contribution < 1.29 is 9.32 Å². The van der Waals surface area contributed by atoms with Gasteiger partial charge in [0.1, 0.15) is 0 Å². The second-order valence-electron chi connectivity index (χ2n) is 9.84. The number of amides is 1. The Morgan fingerprint density at radius 1 is 1.16 bits per heavy atom. The summed E-state index contributed by atoms with van der Waals surface area (Å²) in [6.07, 6.45) is 14.4. The summed E-state index contributed by atoms with van der Waals surface area (Å²) >= 11 is 0. The SMILES string of the molecule is O=C(CCc1nc(-c2ccncc2)no1)N1CCCC2=C[C@H]3C[C@@H](CN4CCCC[C@H]34)[C@@H]21. The first-order valence-corrected chi connectivity index (χ1v) is 12.2. The van der Waals surface area contributed by atoms with Gasteiger partial charge >= 0.3 is 0 Å². The van der Waals surface area contributed by atoms with Crippen molar-refractivity contribution in [3.63, 3.8) is 0 Å². The molecule has 2 bridgehead atoms. The molecule has 0 aromatic carbocycles. The van der Waals surface area contributed by atoms with Gasteiger partial charge in [-0.25, -0.2) is 0 Å². The molecule has 32 heavy (non-hydrogen) atoms. The third-order valence-electron chi connectivity index (χ3n) is 7.94. The molecular formula is C25H31N5O2. The van der Waals surface area contributed by atoms with E-state index < -0.39 is 0 Å². The first kappa shape index (κ1) is 20.1. The van der Waals surface area contributed by atoms with Crippen LogP contribution in [0.2, 0.25) is 0 Å². The quantitative estimate of drug-likeness (QED) is 0.687. The fraction of sp³-hybridized carbons (Fsp3) is 0.600. The Labute approximate surface area is 188 Å². The first-order valence-electron chi connectivity index (χ1n) is 12.2. The number of rotatable bonds is 4. The Hall–Kier alpha value is -2.54. The normalized spacial score (nSPS) is 29.8. The molecular weight excluding hydrogens is 402 g/mol. The minimum absolute atomic E-state index is 0.225. The third kappa shape index (κ3) is 3.66. The summed E-state index contributed by atoms with van der Waals surface area (Å²) in [5.41, 5.74) is 2.41. The molecule has 1 aliphatic carbocycles. The largest absolute Gasteiger partial charge is 0.339 e. The van der Waals surface area contributed by atoms with Crippen LogP contribution in [0.25, 0.3) is 11.4 Å². The number of fused-ring (bicyclic) bond motifs is 6. The van der Waals surface area contributed by atoms with Crippen molar-refractivity contribution in [2.24, 2.45) is 11.8 Å². The molecule has 5 heterocycles. The van der Waals surface area contributed by atoms with Gasteiger partial charge in [0, 0.05) is 49.9 Å². The fourth-order valence-electron chi connectivity index (χ4n) is 6.59. The van der Waals surface area contributed by atoms with E-state index in [0.29, 0.717) is 42.4 Å². The number of carbonyl (C=O) groups excluding carboxylic acids is 1. The van der Waals surface area contributed by atoms with Crippen LogP contribution >= 0.6 is 0 Å². The van der Waals surface area contributed by atoms with Crippen LogP contribution in [-0.2, 0) is 11.2 Å². The van der Waals surface area contributed by atoms with Gasteiger partial charge in [0.15, 0.2) is 0 Å². The van der Waals surface area contributed by atoms with Gasteiger partial charge in [-0.1, -0.05) is 23.2 Å². The summed E-state index contributed by atoms with van der Waals surface area (Å²) in [5.74, 6) is 2.58. The summed E-state index contributed by atoms with van der Waals surface area (Å²) in [6.45, 7) is 3.27. The molecule has 1 amide bonds. The maximum absolute atomic E-state index is 13.3. The maximum atomic E-state index is 13.3. The number of piperidine rings is 3. The lowest BCUT2D eigenvalue weighted by Gasteiger charge is -2.54. The average Bonchev–Trinajstić information content (AvgIpc) is 3.32. The minimum atomic E-state index is 0.225. The Bertz CT molecular complexity index is 1000. The fourth-order valence-corrected chi connectivity index (χ4v) is 6.59. The molecule has 2 aromatic rings. The third-order valence-corrected chi connectivity index (χ3v) is 7.94. The zero-order chi connectivity index (χ0) is 21.5. The second kappa shape index (κ2) is 8.43. The number of pyridine rings is 1. The van der Waals surface area contributed by atoms with E-state index in [4.69, 9.17) is 4.52 Å². The predicted octanol–water partition coefficient (Wildman–Crippen LogP) is 3.49. The van der Waals surface area contributed by atoms with Gasteiger partial charge in [-0.05, 0) is 62.6 Å². The first-order chi connectivity index (χ1) is 15.8. The number of hydrogen-bond acceptors (Lipinski definition) is 6. The lowest BCUT2D eigenvalue weighted by atomic mass is 9.68. The standard InChI is InChI=1S/C25H31N5O2/c31-23(7-6-22-27-25(28-32-22)17-8-10-26-11-9-17)30-13-3-4-18-14-19-15-20(24(18)30)16-29-12-2-1-5-21(19)29/h8-11,14,19-21,24H,1-7,12-13,15-16H2/t19-,20-,21+,24+/m0/s1. The smallest absolute Gasteiger partial charge is 0.227 e.